The van der Waals surface area contributed by atoms with Crippen LogP contribution in [-0.2, 0) is 37.6 Å². The van der Waals surface area contributed by atoms with Crippen molar-refractivity contribution >= 4 is 40.5 Å². The Hall–Kier alpha value is -9.30. The van der Waals surface area contributed by atoms with E-state index in [0.29, 0.717) is 53.4 Å². The first-order valence-corrected chi connectivity index (χ1v) is 26.5. The molecule has 7 atom stereocenters. The number of fused-ring (bicyclic) bond motifs is 5. The number of morpholine rings is 1. The molecule has 7 aromatic carbocycles. The number of para-hydroxylation sites is 1. The van der Waals surface area contributed by atoms with Gasteiger partial charge in [0.1, 0.15) is 35.4 Å². The van der Waals surface area contributed by atoms with Crippen molar-refractivity contribution in [1.29, 1.82) is 0 Å². The molecule has 0 aliphatic carbocycles. The van der Waals surface area contributed by atoms with Crippen LogP contribution < -0.4 is 19.7 Å². The second-order valence-electron chi connectivity index (χ2n) is 20.6. The minimum atomic E-state index is -2.01. The molecule has 4 amide bonds. The first kappa shape index (κ1) is 49.3. The number of anilines is 1. The van der Waals surface area contributed by atoms with Crippen LogP contribution in [0.2, 0.25) is 0 Å². The van der Waals surface area contributed by atoms with Gasteiger partial charge in [-0.3, -0.25) is 24.2 Å². The van der Waals surface area contributed by atoms with Gasteiger partial charge >= 0.3 is 12.0 Å². The number of phenolic OH excluding ortho intramolecular Hbond substituents is 1. The van der Waals surface area contributed by atoms with E-state index < -0.39 is 65.4 Å². The first-order chi connectivity index (χ1) is 38.6. The highest BCUT2D eigenvalue weighted by Crippen LogP contribution is 2.66. The molecule has 1 spiro atoms. The third-order valence-corrected chi connectivity index (χ3v) is 16.2. The maximum atomic E-state index is 17.0. The monoisotopic (exact) mass is 1050 g/mol. The maximum absolute atomic E-state index is 17.0. The molecule has 5 aliphatic rings. The third kappa shape index (κ3) is 8.58. The van der Waals surface area contributed by atoms with Crippen LogP contribution in [-0.4, -0.2) is 97.6 Å². The molecule has 394 valence electrons. The standard InChI is InChI=1S/C63H54N8O8/c1-40(43-15-5-2-6-16-43)64-62(76)70-50-29-23-41(14-13-31-69-51-22-12-11-21-49(51)65-66-69)36-48(50)63(61(70)75)54(59(73)68-34-32-67(33-35-68)38-42-24-30-52-53(37-42)78-39-77-52)56-60(74)79-57(45-19-9-4-10-20-45)55(44-17-7-3-8-18-44)71(56)58(63)46-25-27-47(72)28-26-46/h2-12,15-30,36-37,40,54-58,72H,31-35,38-39H2,1H3,(H,64,76). The zero-order chi connectivity index (χ0) is 53.8. The Morgan fingerprint density at radius 2 is 1.44 bits per heavy atom. The zero-order valence-corrected chi connectivity index (χ0v) is 43.1. The van der Waals surface area contributed by atoms with Crippen molar-refractivity contribution in [2.75, 3.05) is 37.9 Å². The summed E-state index contributed by atoms with van der Waals surface area (Å²) in [6.45, 7) is 4.31. The summed E-state index contributed by atoms with van der Waals surface area (Å²) in [7, 11) is 0. The summed E-state index contributed by atoms with van der Waals surface area (Å²) in [5, 5.41) is 22.7. The topological polar surface area (TPSA) is 172 Å². The van der Waals surface area contributed by atoms with Gasteiger partial charge in [0.25, 0.3) is 0 Å². The number of carbonyl (C=O) groups is 4. The second-order valence-corrected chi connectivity index (χ2v) is 20.6. The van der Waals surface area contributed by atoms with Gasteiger partial charge in [0, 0.05) is 38.3 Å². The molecule has 5 aliphatic heterocycles. The van der Waals surface area contributed by atoms with Crippen LogP contribution in [0.3, 0.4) is 0 Å². The fourth-order valence-electron chi connectivity index (χ4n) is 12.6. The van der Waals surface area contributed by atoms with Crippen molar-refractivity contribution in [2.45, 2.75) is 55.7 Å². The molecule has 3 saturated heterocycles. The minimum Gasteiger partial charge on any atom is -0.508 e. The van der Waals surface area contributed by atoms with Crippen LogP contribution in [0.15, 0.2) is 176 Å². The average Bonchev–Trinajstić information content (AvgIpc) is 3.80. The number of cyclic esters (lactones) is 1. The summed E-state index contributed by atoms with van der Waals surface area (Å²) in [5.74, 6) is 4.65. The van der Waals surface area contributed by atoms with E-state index in [2.05, 4.69) is 32.4 Å². The van der Waals surface area contributed by atoms with E-state index in [1.165, 1.54) is 0 Å². The molecule has 8 aromatic rings. The predicted molar refractivity (Wildman–Crippen MR) is 292 cm³/mol. The number of piperazine rings is 1. The van der Waals surface area contributed by atoms with E-state index in [4.69, 9.17) is 14.2 Å². The molecule has 0 radical (unpaired) electrons. The van der Waals surface area contributed by atoms with E-state index in [9.17, 15) is 5.11 Å². The molecule has 13 rings (SSSR count). The van der Waals surface area contributed by atoms with Gasteiger partial charge < -0.3 is 29.5 Å². The summed E-state index contributed by atoms with van der Waals surface area (Å²) in [6, 6.07) is 49.4. The number of imide groups is 1. The number of carbonyl (C=O) groups excluding carboxylic acids is 4. The predicted octanol–water partition coefficient (Wildman–Crippen LogP) is 8.40. The largest absolute Gasteiger partial charge is 0.508 e. The number of rotatable bonds is 9. The van der Waals surface area contributed by atoms with Gasteiger partial charge in [-0.2, -0.15) is 0 Å². The van der Waals surface area contributed by atoms with Gasteiger partial charge in [0.05, 0.1) is 35.2 Å². The first-order valence-electron chi connectivity index (χ1n) is 26.5. The number of benzene rings is 7. The van der Waals surface area contributed by atoms with Gasteiger partial charge in [-0.25, -0.2) is 14.4 Å². The molecule has 6 heterocycles. The Kier molecular flexibility index (Phi) is 12.6. The number of nitrogens with one attached hydrogen (secondary N) is 1. The number of ether oxygens (including phenoxy) is 3. The fraction of sp³-hybridized carbons (Fsp3) is 0.238. The Labute approximate surface area is 455 Å². The van der Waals surface area contributed by atoms with Crippen molar-refractivity contribution in [1.82, 2.24) is 35.0 Å². The molecule has 0 saturated carbocycles. The Balaban J connectivity index is 0.996. The van der Waals surface area contributed by atoms with Crippen molar-refractivity contribution in [3.05, 3.63) is 215 Å². The molecule has 3 fully saturated rings. The fourth-order valence-corrected chi connectivity index (χ4v) is 12.6. The van der Waals surface area contributed by atoms with Gasteiger partial charge in [0.15, 0.2) is 11.5 Å². The van der Waals surface area contributed by atoms with Crippen LogP contribution in [0.25, 0.3) is 11.0 Å². The average molecular weight is 1050 g/mol. The van der Waals surface area contributed by atoms with E-state index in [1.807, 2.05) is 145 Å². The van der Waals surface area contributed by atoms with Gasteiger partial charge in [0.2, 0.25) is 18.6 Å². The molecule has 7 unspecified atom stereocenters. The minimum absolute atomic E-state index is 0.0230. The lowest BCUT2D eigenvalue weighted by molar-refractivity contribution is -0.179. The highest BCUT2D eigenvalue weighted by atomic mass is 16.7. The number of aromatic nitrogens is 3. The molecule has 79 heavy (non-hydrogen) atoms. The Morgan fingerprint density at radius 3 is 2.20 bits per heavy atom. The number of urea groups is 1. The number of amides is 4. The highest BCUT2D eigenvalue weighted by molar-refractivity contribution is 6.24. The second kappa shape index (κ2) is 20.2. The van der Waals surface area contributed by atoms with Gasteiger partial charge in [-0.05, 0) is 94.9 Å². The quantitative estimate of drug-likeness (QED) is 0.105. The summed E-state index contributed by atoms with van der Waals surface area (Å²) in [5.41, 5.74) is 4.47. The number of esters is 1. The lowest BCUT2D eigenvalue weighted by Crippen LogP contribution is -2.59. The van der Waals surface area contributed by atoms with Crippen LogP contribution in [0.5, 0.6) is 17.2 Å². The zero-order valence-electron chi connectivity index (χ0n) is 43.1. The Bertz CT molecular complexity index is 3710. The van der Waals surface area contributed by atoms with E-state index in [1.54, 1.807) is 52.0 Å². The summed E-state index contributed by atoms with van der Waals surface area (Å²) < 4.78 is 19.7. The van der Waals surface area contributed by atoms with Gasteiger partial charge in [-0.1, -0.05) is 138 Å². The number of hydrogen-bond acceptors (Lipinski definition) is 12. The third-order valence-electron chi connectivity index (χ3n) is 16.2. The number of aromatic hydroxyl groups is 1. The van der Waals surface area contributed by atoms with E-state index in [0.717, 1.165) is 32.6 Å². The molecular formula is C63H54N8O8. The molecule has 2 N–H and O–H groups in total. The summed E-state index contributed by atoms with van der Waals surface area (Å²) >= 11 is 0. The lowest BCUT2D eigenvalue weighted by Gasteiger charge is -2.46. The lowest BCUT2D eigenvalue weighted by atomic mass is 9.64. The number of hydrogen-bond donors (Lipinski definition) is 2. The van der Waals surface area contributed by atoms with Gasteiger partial charge in [-0.15, -0.1) is 5.10 Å². The van der Waals surface area contributed by atoms with E-state index >= 15 is 19.2 Å². The number of nitrogens with zero attached hydrogens (tertiary/aromatic N) is 7. The van der Waals surface area contributed by atoms with Crippen LogP contribution in [0.4, 0.5) is 10.5 Å². The molecule has 16 nitrogen and oxygen atoms in total. The van der Waals surface area contributed by atoms with Crippen molar-refractivity contribution < 1.29 is 38.5 Å². The molecule has 1 aromatic heterocycles. The molecule has 16 heteroatoms. The summed E-state index contributed by atoms with van der Waals surface area (Å²) in [6.07, 6.45) is -0.912. The van der Waals surface area contributed by atoms with Crippen molar-refractivity contribution in [2.24, 2.45) is 5.92 Å². The number of phenols is 1. The highest BCUT2D eigenvalue weighted by Gasteiger charge is 2.76. The van der Waals surface area contributed by atoms with E-state index in [-0.39, 0.29) is 37.9 Å². The smallest absolute Gasteiger partial charge is 0.329 e. The maximum Gasteiger partial charge on any atom is 0.329 e. The van der Waals surface area contributed by atoms with Crippen molar-refractivity contribution in [3.8, 4) is 29.1 Å². The van der Waals surface area contributed by atoms with Crippen LogP contribution in [0, 0.1) is 17.8 Å². The molecule has 0 bridgehead atoms. The van der Waals surface area contributed by atoms with Crippen LogP contribution >= 0.6 is 0 Å². The normalized spacial score (nSPS) is 22.7. The SMILES string of the molecule is CC(NC(=O)N1C(=O)C2(c3cc(C#CCn4nnc5ccccc54)ccc31)C(C(=O)N1CCN(Cc3ccc4c(c3)OCO4)CC1)C1C(=O)OC(c3ccccc3)C(c3ccccc3)N1C2c1ccc(O)cc1)c1ccccc1. The van der Waals surface area contributed by atoms with Crippen molar-refractivity contribution in [3.63, 3.8) is 0 Å². The Morgan fingerprint density at radius 1 is 0.747 bits per heavy atom. The molecular weight excluding hydrogens is 997 g/mol. The summed E-state index contributed by atoms with van der Waals surface area (Å²) in [4.78, 5) is 71.8. The van der Waals surface area contributed by atoms with Crippen LogP contribution in [0.1, 0.15) is 70.1 Å².